The summed E-state index contributed by atoms with van der Waals surface area (Å²) in [7, 11) is -10.1. The summed E-state index contributed by atoms with van der Waals surface area (Å²) in [6.45, 7) is 2.87. The molecule has 0 aromatic carbocycles. The zero-order valence-electron chi connectivity index (χ0n) is 18.0. The number of aliphatic hydroxyl groups is 2. The Kier molecular flexibility index (Phi) is 10.0. The SMILES string of the molecule is C=C(O)[C@@H](N)CCCCN=c1cc(N)ccn1[C@@H]1O[C@H](COP(=O)(O)O)[C@@H](OP(=O)(O)O)[C@H]1O. The van der Waals surface area contributed by atoms with Crippen LogP contribution in [0.4, 0.5) is 5.69 Å². The average molecular weight is 528 g/mol. The van der Waals surface area contributed by atoms with Crippen LogP contribution in [0.1, 0.15) is 25.5 Å². The second-order valence-corrected chi connectivity index (χ2v) is 10.0. The van der Waals surface area contributed by atoms with Crippen LogP contribution < -0.4 is 17.0 Å². The number of aromatic nitrogens is 1. The first-order valence-electron chi connectivity index (χ1n) is 10.1. The molecular weight excluding hydrogens is 498 g/mol. The Morgan fingerprint density at radius 1 is 1.26 bits per heavy atom. The Bertz CT molecular complexity index is 1010. The fraction of sp³-hybridized carbons (Fsp3) is 0.588. The molecule has 0 aliphatic carbocycles. The minimum absolute atomic E-state index is 0.109. The molecule has 1 aliphatic heterocycles. The van der Waals surface area contributed by atoms with Crippen LogP contribution in [0.2, 0.25) is 0 Å². The normalized spacial score (nSPS) is 24.9. The number of phosphoric ester groups is 2. The van der Waals surface area contributed by atoms with Gasteiger partial charge in [-0.3, -0.25) is 14.0 Å². The molecule has 15 nitrogen and oxygen atoms in total. The lowest BCUT2D eigenvalue weighted by molar-refractivity contribution is -0.0538. The van der Waals surface area contributed by atoms with E-state index in [1.54, 1.807) is 0 Å². The van der Waals surface area contributed by atoms with Gasteiger partial charge in [0.25, 0.3) is 0 Å². The lowest BCUT2D eigenvalue weighted by atomic mass is 10.1. The molecule has 17 heteroatoms. The van der Waals surface area contributed by atoms with Crippen molar-refractivity contribution >= 4 is 21.3 Å². The first kappa shape index (κ1) is 28.6. The number of aliphatic hydroxyl groups excluding tert-OH is 2. The smallest absolute Gasteiger partial charge is 0.470 e. The first-order valence-corrected chi connectivity index (χ1v) is 13.1. The van der Waals surface area contributed by atoms with Gasteiger partial charge in [0.05, 0.1) is 12.6 Å². The molecule has 0 amide bonds. The maximum atomic E-state index is 11.4. The highest BCUT2D eigenvalue weighted by Crippen LogP contribution is 2.45. The summed E-state index contributed by atoms with van der Waals surface area (Å²) in [4.78, 5) is 40.7. The molecule has 0 radical (unpaired) electrons. The number of hydrogen-bond acceptors (Lipinski definition) is 10. The first-order chi connectivity index (χ1) is 15.7. The van der Waals surface area contributed by atoms with Crippen LogP contribution in [0, 0.1) is 0 Å². The number of pyridine rings is 1. The highest BCUT2D eigenvalue weighted by molar-refractivity contribution is 7.46. The number of rotatable bonds is 12. The molecule has 0 unspecified atom stereocenters. The second-order valence-electron chi connectivity index (χ2n) is 7.60. The average Bonchev–Trinajstić information content (AvgIpc) is 2.99. The standard InChI is InChI=1S/C17H30N4O11P2/c1-10(22)12(19)4-2-3-6-20-14-8-11(18)5-7-21(14)17-15(23)16(32-34(27,28)29)13(31-17)9-30-33(24,25)26/h5,7-8,12-13,15-17,22-23H,1-4,6,9,18-19H2,(H2,24,25,26)(H2,27,28,29)/t12-,13+,15+,16+,17+/m0/s1. The Balaban J connectivity index is 2.24. The topological polar surface area (TPSA) is 253 Å². The minimum Gasteiger partial charge on any atom is -0.511 e. The largest absolute Gasteiger partial charge is 0.511 e. The van der Waals surface area contributed by atoms with Gasteiger partial charge in [-0.15, -0.1) is 0 Å². The van der Waals surface area contributed by atoms with E-state index >= 15 is 0 Å². The van der Waals surface area contributed by atoms with Crippen LogP contribution in [0.5, 0.6) is 0 Å². The molecule has 1 saturated heterocycles. The van der Waals surface area contributed by atoms with Crippen LogP contribution in [0.25, 0.3) is 0 Å². The lowest BCUT2D eigenvalue weighted by Crippen LogP contribution is -2.37. The summed E-state index contributed by atoms with van der Waals surface area (Å²) in [6, 6.07) is 2.41. The predicted molar refractivity (Wildman–Crippen MR) is 118 cm³/mol. The molecule has 10 N–H and O–H groups in total. The Morgan fingerprint density at radius 3 is 2.53 bits per heavy atom. The van der Waals surface area contributed by atoms with E-state index in [-0.39, 0.29) is 11.2 Å². The summed E-state index contributed by atoms with van der Waals surface area (Å²) in [5, 5.41) is 20.0. The molecule has 0 saturated carbocycles. The van der Waals surface area contributed by atoms with E-state index in [1.165, 1.54) is 22.9 Å². The molecule has 1 aromatic heterocycles. The van der Waals surface area contributed by atoms with Crippen molar-refractivity contribution in [2.45, 2.75) is 49.8 Å². The summed E-state index contributed by atoms with van der Waals surface area (Å²) in [5.74, 6) is -0.109. The molecule has 2 heterocycles. The van der Waals surface area contributed by atoms with Crippen molar-refractivity contribution in [2.24, 2.45) is 10.7 Å². The highest BCUT2D eigenvalue weighted by Gasteiger charge is 2.49. The van der Waals surface area contributed by atoms with E-state index in [0.29, 0.717) is 31.5 Å². The summed E-state index contributed by atoms with van der Waals surface area (Å²) < 4.78 is 38.4. The van der Waals surface area contributed by atoms with Crippen molar-refractivity contribution in [3.8, 4) is 0 Å². The van der Waals surface area contributed by atoms with Crippen molar-refractivity contribution < 1.29 is 52.7 Å². The summed E-state index contributed by atoms with van der Waals surface area (Å²) in [5.41, 5.74) is 12.1. The maximum Gasteiger partial charge on any atom is 0.470 e. The van der Waals surface area contributed by atoms with E-state index < -0.39 is 52.8 Å². The third-order valence-corrected chi connectivity index (χ3v) is 5.87. The Morgan fingerprint density at radius 2 is 1.94 bits per heavy atom. The molecular formula is C17H30N4O11P2. The van der Waals surface area contributed by atoms with Gasteiger partial charge < -0.3 is 50.6 Å². The van der Waals surface area contributed by atoms with Gasteiger partial charge in [0.15, 0.2) is 6.23 Å². The van der Waals surface area contributed by atoms with Gasteiger partial charge in [0, 0.05) is 24.5 Å². The molecule has 34 heavy (non-hydrogen) atoms. The number of nitrogen functional groups attached to an aromatic ring is 1. The highest BCUT2D eigenvalue weighted by atomic mass is 31.2. The van der Waals surface area contributed by atoms with Crippen LogP contribution in [0.3, 0.4) is 0 Å². The zero-order valence-corrected chi connectivity index (χ0v) is 19.8. The monoisotopic (exact) mass is 528 g/mol. The third-order valence-electron chi connectivity index (χ3n) is 4.86. The maximum absolute atomic E-state index is 11.4. The van der Waals surface area contributed by atoms with Crippen LogP contribution >= 0.6 is 15.6 Å². The number of ether oxygens (including phenoxy) is 1. The number of phosphoric acid groups is 2. The van der Waals surface area contributed by atoms with E-state index in [9.17, 15) is 29.1 Å². The predicted octanol–water partition coefficient (Wildman–Crippen LogP) is -0.614. The molecule has 1 fully saturated rings. The molecule has 5 atom stereocenters. The van der Waals surface area contributed by atoms with Gasteiger partial charge in [0.2, 0.25) is 0 Å². The number of nitrogens with zero attached hydrogens (tertiary/aromatic N) is 2. The van der Waals surface area contributed by atoms with Gasteiger partial charge in [0.1, 0.15) is 29.6 Å². The van der Waals surface area contributed by atoms with Crippen LogP contribution in [-0.2, 0) is 22.9 Å². The van der Waals surface area contributed by atoms with Gasteiger partial charge in [-0.05, 0) is 25.3 Å². The van der Waals surface area contributed by atoms with Crippen LogP contribution in [-0.4, -0.2) is 71.9 Å². The molecule has 0 spiro atoms. The zero-order chi connectivity index (χ0) is 25.7. The number of hydrogen-bond donors (Lipinski definition) is 8. The number of unbranched alkanes of at least 4 members (excludes halogenated alkanes) is 1. The van der Waals surface area contributed by atoms with Gasteiger partial charge >= 0.3 is 15.6 Å². The molecule has 194 valence electrons. The lowest BCUT2D eigenvalue weighted by Gasteiger charge is -2.21. The summed E-state index contributed by atoms with van der Waals surface area (Å²) in [6.07, 6.45) is -2.94. The van der Waals surface area contributed by atoms with Crippen LogP contribution in [0.15, 0.2) is 35.7 Å². The van der Waals surface area contributed by atoms with Crippen molar-refractivity contribution in [1.29, 1.82) is 0 Å². The Hall–Kier alpha value is -1.61. The quantitative estimate of drug-likeness (QED) is 0.0958. The van der Waals surface area contributed by atoms with E-state index in [1.807, 2.05) is 0 Å². The van der Waals surface area contributed by atoms with Crippen molar-refractivity contribution in [3.05, 3.63) is 36.2 Å². The van der Waals surface area contributed by atoms with E-state index in [2.05, 4.69) is 20.6 Å². The van der Waals surface area contributed by atoms with Gasteiger partial charge in [-0.1, -0.05) is 6.58 Å². The van der Waals surface area contributed by atoms with E-state index in [0.717, 1.165) is 0 Å². The van der Waals surface area contributed by atoms with Crippen molar-refractivity contribution in [3.63, 3.8) is 0 Å². The molecule has 1 aromatic rings. The van der Waals surface area contributed by atoms with E-state index in [4.69, 9.17) is 26.0 Å². The fourth-order valence-corrected chi connectivity index (χ4v) is 4.15. The fourth-order valence-electron chi connectivity index (χ4n) is 3.24. The minimum atomic E-state index is -5.11. The Labute approximate surface area is 194 Å². The van der Waals surface area contributed by atoms with Gasteiger partial charge in [-0.2, -0.15) is 0 Å². The number of nitrogens with two attached hydrogens (primary N) is 2. The van der Waals surface area contributed by atoms with Gasteiger partial charge in [-0.25, -0.2) is 9.13 Å². The summed E-state index contributed by atoms with van der Waals surface area (Å²) >= 11 is 0. The molecule has 2 rings (SSSR count). The molecule has 0 bridgehead atoms. The molecule has 1 aliphatic rings. The number of anilines is 1. The van der Waals surface area contributed by atoms with Crippen molar-refractivity contribution in [2.75, 3.05) is 18.9 Å². The second kappa shape index (κ2) is 11.9. The van der Waals surface area contributed by atoms with Crippen molar-refractivity contribution in [1.82, 2.24) is 4.57 Å². The third kappa shape index (κ3) is 8.87.